The maximum atomic E-state index is 13.3. The van der Waals surface area contributed by atoms with Crippen LogP contribution in [0.25, 0.3) is 0 Å². The van der Waals surface area contributed by atoms with Crippen LogP contribution in [0.2, 0.25) is 0 Å². The lowest BCUT2D eigenvalue weighted by Gasteiger charge is -2.57. The molecule has 1 heterocycles. The molecule has 1 aliphatic heterocycles. The maximum Gasteiger partial charge on any atom is 0.431 e. The number of alkyl halides is 6. The van der Waals surface area contributed by atoms with Crippen molar-refractivity contribution in [3.63, 3.8) is 0 Å². The zero-order chi connectivity index (χ0) is 17.7. The SMILES string of the molecule is CC(C)CC1CC(O)(C(F)(F)F)N(C)C(O)(C(F)(F)F)C1C. The fourth-order valence-corrected chi connectivity index (χ4v) is 3.24. The molecule has 4 unspecified atom stereocenters. The zero-order valence-electron chi connectivity index (χ0n) is 12.8. The molecule has 0 aromatic rings. The molecule has 0 saturated carbocycles. The van der Waals surface area contributed by atoms with Crippen LogP contribution >= 0.6 is 0 Å². The molecule has 0 aromatic carbocycles. The number of hydrogen-bond acceptors (Lipinski definition) is 3. The molecule has 1 fully saturated rings. The minimum atomic E-state index is -5.34. The average molecular weight is 337 g/mol. The van der Waals surface area contributed by atoms with E-state index in [1.165, 1.54) is 0 Å². The molecule has 0 spiro atoms. The van der Waals surface area contributed by atoms with Crippen LogP contribution in [0.1, 0.15) is 33.6 Å². The van der Waals surface area contributed by atoms with Crippen LogP contribution in [0.4, 0.5) is 26.3 Å². The molecule has 0 aliphatic carbocycles. The summed E-state index contributed by atoms with van der Waals surface area (Å²) < 4.78 is 79.4. The van der Waals surface area contributed by atoms with Crippen molar-refractivity contribution >= 4 is 0 Å². The van der Waals surface area contributed by atoms with Gasteiger partial charge in [0.15, 0.2) is 0 Å². The van der Waals surface area contributed by atoms with E-state index >= 15 is 0 Å². The third-order valence-electron chi connectivity index (χ3n) is 4.60. The predicted octanol–water partition coefficient (Wildman–Crippen LogP) is 3.12. The highest BCUT2D eigenvalue weighted by atomic mass is 19.4. The summed E-state index contributed by atoms with van der Waals surface area (Å²) in [5.41, 5.74) is -7.49. The predicted molar refractivity (Wildman–Crippen MR) is 66.5 cm³/mol. The van der Waals surface area contributed by atoms with Gasteiger partial charge in [0.1, 0.15) is 0 Å². The second-order valence-corrected chi connectivity index (χ2v) is 6.48. The molecule has 4 atom stereocenters. The fourth-order valence-electron chi connectivity index (χ4n) is 3.24. The summed E-state index contributed by atoms with van der Waals surface area (Å²) in [5, 5.41) is 20.0. The Bertz CT molecular complexity index is 410. The Morgan fingerprint density at radius 2 is 1.55 bits per heavy atom. The van der Waals surface area contributed by atoms with Gasteiger partial charge in [-0.15, -0.1) is 0 Å². The largest absolute Gasteiger partial charge is 0.431 e. The molecule has 0 aromatic heterocycles. The van der Waals surface area contributed by atoms with Crippen molar-refractivity contribution in [2.75, 3.05) is 7.05 Å². The van der Waals surface area contributed by atoms with Gasteiger partial charge in [0.25, 0.3) is 0 Å². The van der Waals surface area contributed by atoms with E-state index in [1.807, 2.05) is 0 Å². The molecular weight excluding hydrogens is 316 g/mol. The molecule has 1 rings (SSSR count). The minimum Gasteiger partial charge on any atom is -0.368 e. The Morgan fingerprint density at radius 1 is 1.09 bits per heavy atom. The summed E-state index contributed by atoms with van der Waals surface area (Å²) in [4.78, 5) is -0.387. The molecule has 0 bridgehead atoms. The number of rotatable bonds is 2. The van der Waals surface area contributed by atoms with Crippen LogP contribution in [-0.2, 0) is 0 Å². The van der Waals surface area contributed by atoms with E-state index in [0.29, 0.717) is 7.05 Å². The summed E-state index contributed by atoms with van der Waals surface area (Å²) in [6, 6.07) is 0. The Kier molecular flexibility index (Phi) is 4.90. The molecule has 3 nitrogen and oxygen atoms in total. The topological polar surface area (TPSA) is 43.7 Å². The molecule has 2 N–H and O–H groups in total. The second kappa shape index (κ2) is 5.52. The van der Waals surface area contributed by atoms with Crippen molar-refractivity contribution in [1.29, 1.82) is 0 Å². The lowest BCUT2D eigenvalue weighted by molar-refractivity contribution is -0.432. The van der Waals surface area contributed by atoms with E-state index in [-0.39, 0.29) is 17.2 Å². The van der Waals surface area contributed by atoms with Gasteiger partial charge < -0.3 is 10.2 Å². The number of nitrogens with zero attached hydrogens (tertiary/aromatic N) is 1. The van der Waals surface area contributed by atoms with E-state index in [2.05, 4.69) is 0 Å². The number of halogens is 6. The first-order chi connectivity index (χ1) is 9.59. The number of aliphatic hydroxyl groups is 2. The van der Waals surface area contributed by atoms with Gasteiger partial charge in [-0.3, -0.25) is 0 Å². The van der Waals surface area contributed by atoms with Crippen LogP contribution in [0, 0.1) is 17.8 Å². The molecule has 22 heavy (non-hydrogen) atoms. The Balaban J connectivity index is 3.43. The first kappa shape index (κ1) is 19.5. The minimum absolute atomic E-state index is 0.0335. The van der Waals surface area contributed by atoms with Gasteiger partial charge in [0, 0.05) is 12.3 Å². The van der Waals surface area contributed by atoms with Crippen molar-refractivity contribution in [3.8, 4) is 0 Å². The lowest BCUT2D eigenvalue weighted by atomic mass is 9.70. The number of hydrogen-bond donors (Lipinski definition) is 2. The van der Waals surface area contributed by atoms with E-state index in [1.54, 1.807) is 13.8 Å². The molecule has 9 heteroatoms. The molecule has 0 radical (unpaired) electrons. The zero-order valence-corrected chi connectivity index (χ0v) is 12.8. The third kappa shape index (κ3) is 2.82. The van der Waals surface area contributed by atoms with Crippen LogP contribution in [0.3, 0.4) is 0 Å². The highest BCUT2D eigenvalue weighted by Crippen LogP contribution is 2.54. The van der Waals surface area contributed by atoms with Gasteiger partial charge in [0.2, 0.25) is 11.4 Å². The third-order valence-corrected chi connectivity index (χ3v) is 4.60. The van der Waals surface area contributed by atoms with Gasteiger partial charge in [-0.1, -0.05) is 20.8 Å². The van der Waals surface area contributed by atoms with Crippen molar-refractivity contribution < 1.29 is 36.6 Å². The van der Waals surface area contributed by atoms with E-state index in [0.717, 1.165) is 6.92 Å². The summed E-state index contributed by atoms with van der Waals surface area (Å²) >= 11 is 0. The standard InChI is InChI=1S/C13H21F6NO2/c1-7(2)5-9-6-10(21,12(14,15)16)20(4)11(22,8(9)3)13(17,18)19/h7-9,21-22H,5-6H2,1-4H3. The van der Waals surface area contributed by atoms with E-state index in [4.69, 9.17) is 0 Å². The Morgan fingerprint density at radius 3 is 1.86 bits per heavy atom. The highest BCUT2D eigenvalue weighted by molar-refractivity contribution is 5.05. The fraction of sp³-hybridized carbons (Fsp3) is 1.00. The van der Waals surface area contributed by atoms with Gasteiger partial charge in [-0.25, -0.2) is 4.90 Å². The molecule has 1 saturated heterocycles. The summed E-state index contributed by atoms with van der Waals surface area (Å²) in [7, 11) is 0.447. The quantitative estimate of drug-likeness (QED) is 0.761. The van der Waals surface area contributed by atoms with E-state index in [9.17, 15) is 36.6 Å². The van der Waals surface area contributed by atoms with Crippen LogP contribution in [0.5, 0.6) is 0 Å². The molecule has 1 aliphatic rings. The second-order valence-electron chi connectivity index (χ2n) is 6.48. The summed E-state index contributed by atoms with van der Waals surface area (Å²) in [5.74, 6) is -2.82. The first-order valence-electron chi connectivity index (χ1n) is 6.91. The van der Waals surface area contributed by atoms with Gasteiger partial charge in [-0.05, 0) is 25.3 Å². The Hall–Kier alpha value is -0.540. The van der Waals surface area contributed by atoms with Crippen LogP contribution in [-0.4, -0.2) is 46.0 Å². The van der Waals surface area contributed by atoms with Gasteiger partial charge >= 0.3 is 12.4 Å². The van der Waals surface area contributed by atoms with Crippen LogP contribution in [0.15, 0.2) is 0 Å². The maximum absolute atomic E-state index is 13.3. The van der Waals surface area contributed by atoms with Crippen molar-refractivity contribution in [1.82, 2.24) is 4.90 Å². The number of likely N-dealkylation sites (tertiary alicyclic amines) is 1. The molecule has 132 valence electrons. The van der Waals surface area contributed by atoms with Crippen LogP contribution < -0.4 is 0 Å². The van der Waals surface area contributed by atoms with Gasteiger partial charge in [-0.2, -0.15) is 26.3 Å². The molecular formula is C13H21F6NO2. The number of piperidine rings is 1. The van der Waals surface area contributed by atoms with Crippen molar-refractivity contribution in [3.05, 3.63) is 0 Å². The van der Waals surface area contributed by atoms with E-state index < -0.39 is 42.1 Å². The summed E-state index contributed by atoms with van der Waals surface area (Å²) in [6.45, 7) is 4.38. The highest BCUT2D eigenvalue weighted by Gasteiger charge is 2.73. The molecule has 0 amide bonds. The normalized spacial score (nSPS) is 38.6. The summed E-state index contributed by atoms with van der Waals surface area (Å²) in [6.07, 6.45) is -11.5. The smallest absolute Gasteiger partial charge is 0.368 e. The first-order valence-corrected chi connectivity index (χ1v) is 6.91. The van der Waals surface area contributed by atoms with Gasteiger partial charge in [0.05, 0.1) is 0 Å². The monoisotopic (exact) mass is 337 g/mol. The van der Waals surface area contributed by atoms with Crippen molar-refractivity contribution in [2.45, 2.75) is 57.4 Å². The lowest BCUT2D eigenvalue weighted by Crippen LogP contribution is -2.76. The van der Waals surface area contributed by atoms with Crippen molar-refractivity contribution in [2.24, 2.45) is 17.8 Å². The average Bonchev–Trinajstić information content (AvgIpc) is 2.30. The Labute approximate surface area is 124 Å².